The van der Waals surface area contributed by atoms with Crippen molar-refractivity contribution in [2.75, 3.05) is 7.11 Å². The lowest BCUT2D eigenvalue weighted by molar-refractivity contribution is 0.301. The summed E-state index contributed by atoms with van der Waals surface area (Å²) in [6.07, 6.45) is 0. The van der Waals surface area contributed by atoms with Crippen LogP contribution in [0.5, 0.6) is 11.5 Å². The van der Waals surface area contributed by atoms with Gasteiger partial charge in [-0.3, -0.25) is 0 Å². The van der Waals surface area contributed by atoms with Crippen LogP contribution >= 0.6 is 0 Å². The Morgan fingerprint density at radius 3 is 2.50 bits per heavy atom. The molecule has 2 aromatic rings. The van der Waals surface area contributed by atoms with E-state index in [-0.39, 0.29) is 6.61 Å². The van der Waals surface area contributed by atoms with Crippen molar-refractivity contribution in [3.63, 3.8) is 0 Å². The van der Waals surface area contributed by atoms with Gasteiger partial charge in [-0.15, -0.1) is 0 Å². The lowest BCUT2D eigenvalue weighted by Gasteiger charge is -2.12. The Morgan fingerprint density at radius 2 is 1.85 bits per heavy atom. The van der Waals surface area contributed by atoms with E-state index in [1.54, 1.807) is 25.3 Å². The summed E-state index contributed by atoms with van der Waals surface area (Å²) < 4.78 is 36.6. The molecule has 2 aromatic carbocycles. The molecule has 0 spiro atoms. The predicted molar refractivity (Wildman–Crippen MR) is 71.6 cm³/mol. The first kappa shape index (κ1) is 14.3. The Kier molecular flexibility index (Phi) is 4.53. The second-order valence-electron chi connectivity index (χ2n) is 4.21. The van der Waals surface area contributed by atoms with Crippen molar-refractivity contribution in [1.29, 1.82) is 0 Å². The smallest absolute Gasteiger partial charge is 0.159 e. The third-order valence-corrected chi connectivity index (χ3v) is 2.87. The summed E-state index contributed by atoms with van der Waals surface area (Å²) in [7, 11) is 1.57. The topological polar surface area (TPSA) is 44.5 Å². The molecule has 0 heterocycles. The van der Waals surface area contributed by atoms with Crippen LogP contribution in [-0.2, 0) is 13.2 Å². The third kappa shape index (κ3) is 3.24. The third-order valence-electron chi connectivity index (χ3n) is 2.87. The molecule has 0 atom stereocenters. The van der Waals surface area contributed by atoms with Crippen LogP contribution in [0.15, 0.2) is 36.4 Å². The quantitative estimate of drug-likeness (QED) is 0.915. The Hall–Kier alpha value is -2.14. The maximum atomic E-state index is 13.1. The van der Waals surface area contributed by atoms with Crippen molar-refractivity contribution in [2.45, 2.75) is 13.2 Å². The fourth-order valence-electron chi connectivity index (χ4n) is 1.77. The number of rotatable bonds is 5. The van der Waals surface area contributed by atoms with E-state index in [9.17, 15) is 8.78 Å². The first-order valence-corrected chi connectivity index (χ1v) is 6.07. The Labute approximate surface area is 115 Å². The van der Waals surface area contributed by atoms with E-state index in [4.69, 9.17) is 15.2 Å². The Balaban J connectivity index is 2.12. The molecule has 20 heavy (non-hydrogen) atoms. The first-order valence-electron chi connectivity index (χ1n) is 6.07. The summed E-state index contributed by atoms with van der Waals surface area (Å²) in [5.74, 6) is -0.482. The largest absolute Gasteiger partial charge is 0.497 e. The molecule has 2 rings (SSSR count). The summed E-state index contributed by atoms with van der Waals surface area (Å²) >= 11 is 0. The summed E-state index contributed by atoms with van der Waals surface area (Å²) in [6, 6.07) is 8.93. The molecular weight excluding hydrogens is 264 g/mol. The molecule has 0 unspecified atom stereocenters. The number of hydrogen-bond donors (Lipinski definition) is 1. The molecule has 0 saturated carbocycles. The summed E-state index contributed by atoms with van der Waals surface area (Å²) in [4.78, 5) is 0. The summed E-state index contributed by atoms with van der Waals surface area (Å²) in [6.45, 7) is 0.431. The minimum Gasteiger partial charge on any atom is -0.497 e. The van der Waals surface area contributed by atoms with Gasteiger partial charge in [0.25, 0.3) is 0 Å². The standard InChI is InChI=1S/C15H15F2NO2/c1-19-12-3-5-15(11(7-12)8-18)20-9-10-2-4-13(16)14(17)6-10/h2-7H,8-9,18H2,1H3. The van der Waals surface area contributed by atoms with Crippen molar-refractivity contribution in [1.82, 2.24) is 0 Å². The van der Waals surface area contributed by atoms with E-state index >= 15 is 0 Å². The molecular formula is C15H15F2NO2. The lowest BCUT2D eigenvalue weighted by Crippen LogP contribution is -2.03. The lowest BCUT2D eigenvalue weighted by atomic mass is 10.2. The van der Waals surface area contributed by atoms with Gasteiger partial charge >= 0.3 is 0 Å². The second kappa shape index (κ2) is 6.34. The molecule has 0 aromatic heterocycles. The van der Waals surface area contributed by atoms with Gasteiger partial charge in [-0.2, -0.15) is 0 Å². The van der Waals surface area contributed by atoms with Crippen LogP contribution in [0.1, 0.15) is 11.1 Å². The van der Waals surface area contributed by atoms with Crippen LogP contribution in [0.4, 0.5) is 8.78 Å². The molecule has 0 radical (unpaired) electrons. The average Bonchev–Trinajstić information content (AvgIpc) is 2.48. The molecule has 0 aliphatic rings. The van der Waals surface area contributed by atoms with Gasteiger partial charge in [0.15, 0.2) is 11.6 Å². The molecule has 2 N–H and O–H groups in total. The normalized spacial score (nSPS) is 10.4. The SMILES string of the molecule is COc1ccc(OCc2ccc(F)c(F)c2)c(CN)c1. The van der Waals surface area contributed by atoms with E-state index in [2.05, 4.69) is 0 Å². The molecule has 5 heteroatoms. The summed E-state index contributed by atoms with van der Waals surface area (Å²) in [5.41, 5.74) is 6.97. The van der Waals surface area contributed by atoms with Gasteiger partial charge in [0, 0.05) is 12.1 Å². The van der Waals surface area contributed by atoms with E-state index < -0.39 is 11.6 Å². The van der Waals surface area contributed by atoms with E-state index in [1.807, 2.05) is 0 Å². The van der Waals surface area contributed by atoms with Gasteiger partial charge in [0.05, 0.1) is 7.11 Å². The molecule has 0 amide bonds. The van der Waals surface area contributed by atoms with E-state index in [1.165, 1.54) is 6.07 Å². The number of methoxy groups -OCH3 is 1. The first-order chi connectivity index (χ1) is 9.63. The molecule has 0 saturated heterocycles. The highest BCUT2D eigenvalue weighted by Gasteiger charge is 2.07. The van der Waals surface area contributed by atoms with Crippen LogP contribution < -0.4 is 15.2 Å². The van der Waals surface area contributed by atoms with Gasteiger partial charge in [0.1, 0.15) is 18.1 Å². The second-order valence-corrected chi connectivity index (χ2v) is 4.21. The number of ether oxygens (including phenoxy) is 2. The maximum Gasteiger partial charge on any atom is 0.159 e. The molecule has 0 fully saturated rings. The van der Waals surface area contributed by atoms with E-state index in [0.29, 0.717) is 23.6 Å². The van der Waals surface area contributed by atoms with Crippen molar-refractivity contribution in [2.24, 2.45) is 5.73 Å². The molecule has 0 aliphatic carbocycles. The van der Waals surface area contributed by atoms with Crippen LogP contribution in [0, 0.1) is 11.6 Å². The minimum absolute atomic E-state index is 0.135. The molecule has 0 aliphatic heterocycles. The monoisotopic (exact) mass is 279 g/mol. The van der Waals surface area contributed by atoms with Crippen LogP contribution in [0.25, 0.3) is 0 Å². The predicted octanol–water partition coefficient (Wildman–Crippen LogP) is 3.01. The zero-order valence-corrected chi connectivity index (χ0v) is 11.0. The van der Waals surface area contributed by atoms with Crippen LogP contribution in [0.2, 0.25) is 0 Å². The fourth-order valence-corrected chi connectivity index (χ4v) is 1.77. The minimum atomic E-state index is -0.889. The van der Waals surface area contributed by atoms with Crippen LogP contribution in [-0.4, -0.2) is 7.11 Å². The van der Waals surface area contributed by atoms with Gasteiger partial charge in [-0.1, -0.05) is 6.07 Å². The van der Waals surface area contributed by atoms with Crippen molar-refractivity contribution >= 4 is 0 Å². The number of halogens is 2. The highest BCUT2D eigenvalue weighted by molar-refractivity contribution is 5.40. The maximum absolute atomic E-state index is 13.1. The van der Waals surface area contributed by atoms with Gasteiger partial charge in [-0.25, -0.2) is 8.78 Å². The zero-order chi connectivity index (χ0) is 14.5. The van der Waals surface area contributed by atoms with Crippen molar-refractivity contribution < 1.29 is 18.3 Å². The van der Waals surface area contributed by atoms with Gasteiger partial charge < -0.3 is 15.2 Å². The number of nitrogens with two attached hydrogens (primary N) is 1. The van der Waals surface area contributed by atoms with E-state index in [0.717, 1.165) is 17.7 Å². The average molecular weight is 279 g/mol. The zero-order valence-electron chi connectivity index (χ0n) is 11.0. The highest BCUT2D eigenvalue weighted by atomic mass is 19.2. The molecule has 3 nitrogen and oxygen atoms in total. The van der Waals surface area contributed by atoms with Crippen molar-refractivity contribution in [3.05, 3.63) is 59.2 Å². The number of hydrogen-bond acceptors (Lipinski definition) is 3. The van der Waals surface area contributed by atoms with Crippen molar-refractivity contribution in [3.8, 4) is 11.5 Å². The highest BCUT2D eigenvalue weighted by Crippen LogP contribution is 2.24. The van der Waals surface area contributed by atoms with Gasteiger partial charge in [-0.05, 0) is 35.9 Å². The van der Waals surface area contributed by atoms with Crippen LogP contribution in [0.3, 0.4) is 0 Å². The fraction of sp³-hybridized carbons (Fsp3) is 0.200. The molecule has 0 bridgehead atoms. The van der Waals surface area contributed by atoms with Gasteiger partial charge in [0.2, 0.25) is 0 Å². The Morgan fingerprint density at radius 1 is 1.05 bits per heavy atom. The Bertz CT molecular complexity index is 602. The summed E-state index contributed by atoms with van der Waals surface area (Å²) in [5, 5.41) is 0. The number of benzene rings is 2. The molecule has 106 valence electrons.